The number of carbonyl (C=O) groups excluding carboxylic acids is 1. The smallest absolute Gasteiger partial charge is 0.332 e. The first kappa shape index (κ1) is 19.6. The van der Waals surface area contributed by atoms with Crippen molar-refractivity contribution >= 4 is 22.9 Å². The molecule has 1 fully saturated rings. The molecule has 1 aliphatic rings. The third-order valence-electron chi connectivity index (χ3n) is 4.99. The van der Waals surface area contributed by atoms with Gasteiger partial charge in [0, 0.05) is 24.5 Å². The van der Waals surface area contributed by atoms with Crippen LogP contribution in [-0.2, 0) is 13.6 Å². The molecule has 146 valence electrons. The second-order valence-corrected chi connectivity index (χ2v) is 8.46. The summed E-state index contributed by atoms with van der Waals surface area (Å²) in [5.74, 6) is -0.185. The summed E-state index contributed by atoms with van der Waals surface area (Å²) in [6, 6.07) is 4.28. The van der Waals surface area contributed by atoms with Crippen LogP contribution in [0.4, 0.5) is 5.82 Å². The van der Waals surface area contributed by atoms with Crippen molar-refractivity contribution in [2.75, 3.05) is 18.8 Å². The van der Waals surface area contributed by atoms with Gasteiger partial charge in [0.2, 0.25) is 0 Å². The van der Waals surface area contributed by atoms with Crippen LogP contribution in [0.15, 0.2) is 27.1 Å². The van der Waals surface area contributed by atoms with Gasteiger partial charge in [-0.05, 0) is 36.8 Å². The van der Waals surface area contributed by atoms with E-state index in [-0.39, 0.29) is 35.7 Å². The molecule has 0 saturated carbocycles. The molecular weight excluding hydrogens is 364 g/mol. The lowest BCUT2D eigenvalue weighted by Gasteiger charge is -2.23. The molecule has 0 aromatic carbocycles. The molecule has 0 radical (unpaired) electrons. The molecule has 2 aromatic rings. The van der Waals surface area contributed by atoms with Gasteiger partial charge < -0.3 is 5.73 Å². The number of hydrogen-bond acceptors (Lipinski definition) is 6. The fourth-order valence-electron chi connectivity index (χ4n) is 3.67. The topological polar surface area (TPSA) is 90.3 Å². The monoisotopic (exact) mass is 390 g/mol. The van der Waals surface area contributed by atoms with Gasteiger partial charge in [-0.15, -0.1) is 11.3 Å². The Labute approximate surface area is 162 Å². The summed E-state index contributed by atoms with van der Waals surface area (Å²) in [6.07, 6.45) is 2.00. The van der Waals surface area contributed by atoms with Crippen LogP contribution in [0.1, 0.15) is 48.0 Å². The van der Waals surface area contributed by atoms with Gasteiger partial charge in [0.1, 0.15) is 11.4 Å². The number of anilines is 1. The van der Waals surface area contributed by atoms with E-state index in [0.29, 0.717) is 6.54 Å². The standard InChI is InChI=1S/C19H26N4O3S/c1-12(2)10-23-17(20)16(18(25)21(3)19(23)26)14(24)11-22-8-4-6-13(22)15-7-5-9-27-15/h5,7,9,12-13H,4,6,8,10-11,20H2,1-3H3/t13-/m0/s1. The lowest BCUT2D eigenvalue weighted by atomic mass is 10.1. The van der Waals surface area contributed by atoms with Gasteiger partial charge in [-0.1, -0.05) is 19.9 Å². The summed E-state index contributed by atoms with van der Waals surface area (Å²) in [7, 11) is 1.39. The Bertz CT molecular complexity index is 943. The largest absolute Gasteiger partial charge is 0.384 e. The first-order chi connectivity index (χ1) is 12.8. The van der Waals surface area contributed by atoms with E-state index in [1.54, 1.807) is 11.3 Å². The average Bonchev–Trinajstić information content (AvgIpc) is 3.28. The third kappa shape index (κ3) is 3.77. The van der Waals surface area contributed by atoms with Gasteiger partial charge in [-0.2, -0.15) is 0 Å². The number of hydrogen-bond donors (Lipinski definition) is 1. The van der Waals surface area contributed by atoms with Gasteiger partial charge in [0.05, 0.1) is 6.54 Å². The second-order valence-electron chi connectivity index (χ2n) is 7.48. The van der Waals surface area contributed by atoms with E-state index in [1.807, 2.05) is 25.3 Å². The van der Waals surface area contributed by atoms with Gasteiger partial charge >= 0.3 is 5.69 Å². The Morgan fingerprint density at radius 2 is 2.11 bits per heavy atom. The van der Waals surface area contributed by atoms with Crippen molar-refractivity contribution in [3.05, 3.63) is 48.8 Å². The highest BCUT2D eigenvalue weighted by Gasteiger charge is 2.30. The summed E-state index contributed by atoms with van der Waals surface area (Å²) >= 11 is 1.68. The van der Waals surface area contributed by atoms with Crippen LogP contribution in [0.3, 0.4) is 0 Å². The van der Waals surface area contributed by atoms with Crippen molar-refractivity contribution in [3.8, 4) is 0 Å². The molecular formula is C19H26N4O3S. The molecule has 1 saturated heterocycles. The van der Waals surface area contributed by atoms with Crippen LogP contribution in [0, 0.1) is 5.92 Å². The van der Waals surface area contributed by atoms with Crippen molar-refractivity contribution in [2.45, 2.75) is 39.3 Å². The van der Waals surface area contributed by atoms with Crippen molar-refractivity contribution < 1.29 is 4.79 Å². The molecule has 0 spiro atoms. The van der Waals surface area contributed by atoms with Gasteiger partial charge in [0.15, 0.2) is 5.78 Å². The number of Topliss-reactive ketones (excluding diaryl/α,β-unsaturated/α-hetero) is 1. The number of thiophene rings is 1. The number of nitrogens with two attached hydrogens (primary N) is 1. The zero-order valence-corrected chi connectivity index (χ0v) is 16.8. The quantitative estimate of drug-likeness (QED) is 0.761. The van der Waals surface area contributed by atoms with E-state index < -0.39 is 11.2 Å². The second kappa shape index (κ2) is 7.82. The zero-order chi connectivity index (χ0) is 19.7. The highest BCUT2D eigenvalue weighted by atomic mass is 32.1. The fraction of sp³-hybridized carbons (Fsp3) is 0.526. The Balaban J connectivity index is 1.94. The molecule has 8 heteroatoms. The normalized spacial score (nSPS) is 17.7. The summed E-state index contributed by atoms with van der Waals surface area (Å²) in [5, 5.41) is 2.03. The molecule has 0 aliphatic carbocycles. The molecule has 27 heavy (non-hydrogen) atoms. The van der Waals surface area contributed by atoms with Crippen molar-refractivity contribution in [3.63, 3.8) is 0 Å². The number of nitrogen functional groups attached to an aromatic ring is 1. The molecule has 1 aliphatic heterocycles. The Morgan fingerprint density at radius 1 is 1.37 bits per heavy atom. The van der Waals surface area contributed by atoms with Crippen LogP contribution >= 0.6 is 11.3 Å². The number of likely N-dealkylation sites (tertiary alicyclic amines) is 1. The first-order valence-electron chi connectivity index (χ1n) is 9.21. The Morgan fingerprint density at radius 3 is 2.74 bits per heavy atom. The number of ketones is 1. The van der Waals surface area contributed by atoms with Gasteiger partial charge in [-0.25, -0.2) is 4.79 Å². The summed E-state index contributed by atoms with van der Waals surface area (Å²) in [5.41, 5.74) is 4.94. The van der Waals surface area contributed by atoms with Crippen molar-refractivity contribution in [2.24, 2.45) is 13.0 Å². The van der Waals surface area contributed by atoms with Crippen LogP contribution in [0.25, 0.3) is 0 Å². The molecule has 3 heterocycles. The summed E-state index contributed by atoms with van der Waals surface area (Å²) in [4.78, 5) is 41.3. The fourth-order valence-corrected chi connectivity index (χ4v) is 4.56. The van der Waals surface area contributed by atoms with Crippen LogP contribution in [0.2, 0.25) is 0 Å². The predicted octanol–water partition coefficient (Wildman–Crippen LogP) is 1.87. The zero-order valence-electron chi connectivity index (χ0n) is 16.0. The number of nitrogens with zero attached hydrogens (tertiary/aromatic N) is 3. The Kier molecular flexibility index (Phi) is 5.67. The van der Waals surface area contributed by atoms with Crippen molar-refractivity contribution in [1.82, 2.24) is 14.0 Å². The molecule has 0 unspecified atom stereocenters. The minimum Gasteiger partial charge on any atom is -0.384 e. The lowest BCUT2D eigenvalue weighted by Crippen LogP contribution is -2.44. The van der Waals surface area contributed by atoms with Gasteiger partial charge in [-0.3, -0.25) is 23.6 Å². The lowest BCUT2D eigenvalue weighted by molar-refractivity contribution is 0.0920. The van der Waals surface area contributed by atoms with Gasteiger partial charge in [0.25, 0.3) is 5.56 Å². The van der Waals surface area contributed by atoms with Crippen LogP contribution in [-0.4, -0.2) is 32.9 Å². The molecule has 1 atom stereocenters. The number of carbonyl (C=O) groups is 1. The van der Waals surface area contributed by atoms with E-state index in [9.17, 15) is 14.4 Å². The minimum absolute atomic E-state index is 0.0197. The molecule has 0 amide bonds. The van der Waals surface area contributed by atoms with E-state index in [4.69, 9.17) is 5.73 Å². The molecule has 3 rings (SSSR count). The molecule has 7 nitrogen and oxygen atoms in total. The SMILES string of the molecule is CC(C)Cn1c(N)c(C(=O)CN2CCC[C@H]2c2cccs2)c(=O)n(C)c1=O. The maximum atomic E-state index is 13.0. The highest BCUT2D eigenvalue weighted by molar-refractivity contribution is 7.10. The van der Waals surface area contributed by atoms with E-state index in [1.165, 1.54) is 16.5 Å². The van der Waals surface area contributed by atoms with Crippen LogP contribution < -0.4 is 17.0 Å². The van der Waals surface area contributed by atoms with E-state index >= 15 is 0 Å². The summed E-state index contributed by atoms with van der Waals surface area (Å²) < 4.78 is 2.31. The number of rotatable bonds is 6. The maximum absolute atomic E-state index is 13.0. The number of aromatic nitrogens is 2. The molecule has 2 aromatic heterocycles. The van der Waals surface area contributed by atoms with E-state index in [0.717, 1.165) is 24.0 Å². The predicted molar refractivity (Wildman–Crippen MR) is 107 cm³/mol. The molecule has 2 N–H and O–H groups in total. The third-order valence-corrected chi connectivity index (χ3v) is 5.97. The summed E-state index contributed by atoms with van der Waals surface area (Å²) in [6.45, 7) is 5.20. The minimum atomic E-state index is -0.616. The first-order valence-corrected chi connectivity index (χ1v) is 10.1. The highest BCUT2D eigenvalue weighted by Crippen LogP contribution is 2.34. The molecule has 0 bridgehead atoms. The Hall–Kier alpha value is -2.19. The van der Waals surface area contributed by atoms with Crippen molar-refractivity contribution in [1.29, 1.82) is 0 Å². The maximum Gasteiger partial charge on any atom is 0.332 e. The van der Waals surface area contributed by atoms with Crippen LogP contribution in [0.5, 0.6) is 0 Å². The average molecular weight is 391 g/mol. The van der Waals surface area contributed by atoms with E-state index in [2.05, 4.69) is 11.0 Å².